The van der Waals surface area contributed by atoms with Gasteiger partial charge in [-0.15, -0.1) is 0 Å². The molecule has 11 heavy (non-hydrogen) atoms. The molecule has 0 aromatic rings. The third-order valence-corrected chi connectivity index (χ3v) is 1.77. The minimum absolute atomic E-state index is 0.225. The van der Waals surface area contributed by atoms with E-state index in [1.54, 1.807) is 6.92 Å². The molecular weight excluding hydrogens is 148 g/mol. The van der Waals surface area contributed by atoms with Crippen molar-refractivity contribution in [3.8, 4) is 0 Å². The van der Waals surface area contributed by atoms with Crippen LogP contribution >= 0.6 is 0 Å². The zero-order valence-electron chi connectivity index (χ0n) is 6.27. The summed E-state index contributed by atoms with van der Waals surface area (Å²) in [7, 11) is 0. The Morgan fingerprint density at radius 3 is 2.64 bits per heavy atom. The molecule has 0 amide bonds. The van der Waals surface area contributed by atoms with Crippen LogP contribution in [0.2, 0.25) is 0 Å². The molecule has 0 fully saturated rings. The summed E-state index contributed by atoms with van der Waals surface area (Å²) < 4.78 is 4.82. The van der Waals surface area contributed by atoms with Gasteiger partial charge in [0.15, 0.2) is 0 Å². The summed E-state index contributed by atoms with van der Waals surface area (Å²) in [5.74, 6) is -0.117. The number of hydrogen-bond donors (Lipinski definition) is 3. The Kier molecular flexibility index (Phi) is 2.49. The van der Waals surface area contributed by atoms with Crippen molar-refractivity contribution < 1.29 is 20.1 Å². The maximum absolute atomic E-state index is 9.22. The van der Waals surface area contributed by atoms with Gasteiger partial charge >= 0.3 is 0 Å². The lowest BCUT2D eigenvalue weighted by atomic mass is 10.0. The molecule has 0 saturated carbocycles. The fourth-order valence-electron chi connectivity index (χ4n) is 0.903. The predicted molar refractivity (Wildman–Crippen MR) is 37.4 cm³/mol. The second-order valence-corrected chi connectivity index (χ2v) is 2.65. The summed E-state index contributed by atoms with van der Waals surface area (Å²) >= 11 is 0. The van der Waals surface area contributed by atoms with Gasteiger partial charge in [0.05, 0.1) is 6.10 Å². The maximum atomic E-state index is 9.22. The van der Waals surface area contributed by atoms with E-state index in [0.717, 1.165) is 0 Å². The quantitative estimate of drug-likeness (QED) is 0.470. The Balaban J connectivity index is 2.68. The first-order chi connectivity index (χ1) is 5.15. The zero-order valence-corrected chi connectivity index (χ0v) is 6.27. The lowest BCUT2D eigenvalue weighted by molar-refractivity contribution is -0.140. The first kappa shape index (κ1) is 8.52. The molecular formula is C7H12O4. The topological polar surface area (TPSA) is 69.9 Å². The van der Waals surface area contributed by atoms with Gasteiger partial charge < -0.3 is 20.1 Å². The molecule has 4 heteroatoms. The molecule has 3 N–H and O–H groups in total. The molecule has 2 unspecified atom stereocenters. The van der Waals surface area contributed by atoms with Gasteiger partial charge in [0.2, 0.25) is 6.29 Å². The monoisotopic (exact) mass is 160 g/mol. The highest BCUT2D eigenvalue weighted by molar-refractivity contribution is 5.03. The van der Waals surface area contributed by atoms with Crippen molar-refractivity contribution in [1.82, 2.24) is 0 Å². The molecule has 1 aliphatic heterocycles. The highest BCUT2D eigenvalue weighted by Gasteiger charge is 2.27. The molecule has 0 saturated heterocycles. The molecule has 0 aliphatic carbocycles. The smallest absolute Gasteiger partial charge is 0.202 e. The molecule has 4 nitrogen and oxygen atoms in total. The van der Waals surface area contributed by atoms with Gasteiger partial charge in [-0.1, -0.05) is 6.92 Å². The summed E-state index contributed by atoms with van der Waals surface area (Å²) in [4.78, 5) is 0. The summed E-state index contributed by atoms with van der Waals surface area (Å²) in [5.41, 5.74) is 0. The van der Waals surface area contributed by atoms with Gasteiger partial charge in [-0.25, -0.2) is 0 Å². The van der Waals surface area contributed by atoms with Crippen molar-refractivity contribution in [2.24, 2.45) is 5.92 Å². The lowest BCUT2D eigenvalue weighted by Gasteiger charge is -2.28. The second-order valence-electron chi connectivity index (χ2n) is 2.65. The second kappa shape index (κ2) is 3.21. The first-order valence-corrected chi connectivity index (χ1v) is 3.49. The van der Waals surface area contributed by atoms with Crippen LogP contribution in [0, 0.1) is 5.92 Å². The third-order valence-electron chi connectivity index (χ3n) is 1.77. The molecule has 0 spiro atoms. The number of rotatable bonds is 1. The minimum atomic E-state index is -1.02. The van der Waals surface area contributed by atoms with E-state index in [-0.39, 0.29) is 18.3 Å². The van der Waals surface area contributed by atoms with Crippen LogP contribution in [-0.4, -0.2) is 34.3 Å². The fraction of sp³-hybridized carbons (Fsp3) is 0.714. The number of hydrogen-bond acceptors (Lipinski definition) is 4. The molecule has 3 atom stereocenters. The van der Waals surface area contributed by atoms with Gasteiger partial charge in [-0.05, 0) is 6.08 Å². The van der Waals surface area contributed by atoms with Crippen LogP contribution < -0.4 is 0 Å². The molecule has 1 aliphatic rings. The summed E-state index contributed by atoms with van der Waals surface area (Å²) in [6.45, 7) is 1.38. The predicted octanol–water partition coefficient (Wildman–Crippen LogP) is -0.792. The number of ether oxygens (including phenoxy) is 1. The third kappa shape index (κ3) is 1.71. The van der Waals surface area contributed by atoms with Crippen molar-refractivity contribution in [2.45, 2.75) is 19.3 Å². The van der Waals surface area contributed by atoms with Crippen LogP contribution in [0.15, 0.2) is 11.8 Å². The van der Waals surface area contributed by atoms with Crippen LogP contribution in [0.4, 0.5) is 0 Å². The number of aliphatic hydroxyl groups is 3. The van der Waals surface area contributed by atoms with Crippen molar-refractivity contribution >= 4 is 0 Å². The molecule has 64 valence electrons. The van der Waals surface area contributed by atoms with E-state index < -0.39 is 12.4 Å². The lowest BCUT2D eigenvalue weighted by Crippen LogP contribution is -2.35. The van der Waals surface area contributed by atoms with E-state index in [2.05, 4.69) is 0 Å². The molecule has 0 aromatic carbocycles. The van der Waals surface area contributed by atoms with E-state index in [1.807, 2.05) is 0 Å². The van der Waals surface area contributed by atoms with Crippen molar-refractivity contribution in [3.63, 3.8) is 0 Å². The SMILES string of the molecule is C[C@@H]1C(O)C=C(CO)OC1O. The largest absolute Gasteiger partial charge is 0.467 e. The van der Waals surface area contributed by atoms with E-state index in [9.17, 15) is 5.11 Å². The fourth-order valence-corrected chi connectivity index (χ4v) is 0.903. The normalized spacial score (nSPS) is 37.8. The average Bonchev–Trinajstić information content (AvgIpc) is 1.99. The average molecular weight is 160 g/mol. The maximum Gasteiger partial charge on any atom is 0.202 e. The Labute approximate surface area is 64.7 Å². The Bertz CT molecular complexity index is 166. The van der Waals surface area contributed by atoms with Gasteiger partial charge in [-0.2, -0.15) is 0 Å². The summed E-state index contributed by atoms with van der Waals surface area (Å²) in [5, 5.41) is 26.9. The van der Waals surface area contributed by atoms with Gasteiger partial charge in [-0.3, -0.25) is 0 Å². The van der Waals surface area contributed by atoms with Gasteiger partial charge in [0, 0.05) is 5.92 Å². The van der Waals surface area contributed by atoms with Crippen LogP contribution in [0.1, 0.15) is 6.92 Å². The molecule has 0 bridgehead atoms. The first-order valence-electron chi connectivity index (χ1n) is 3.49. The number of aliphatic hydroxyl groups excluding tert-OH is 3. The van der Waals surface area contributed by atoms with E-state index in [0.29, 0.717) is 0 Å². The Morgan fingerprint density at radius 2 is 2.18 bits per heavy atom. The summed E-state index contributed by atoms with van der Waals surface area (Å²) in [6.07, 6.45) is -0.352. The minimum Gasteiger partial charge on any atom is -0.467 e. The van der Waals surface area contributed by atoms with Crippen LogP contribution in [0.25, 0.3) is 0 Å². The van der Waals surface area contributed by atoms with E-state index in [1.165, 1.54) is 6.08 Å². The van der Waals surface area contributed by atoms with Crippen molar-refractivity contribution in [2.75, 3.05) is 6.61 Å². The van der Waals surface area contributed by atoms with E-state index in [4.69, 9.17) is 14.9 Å². The molecule has 1 heterocycles. The zero-order chi connectivity index (χ0) is 8.43. The molecule has 0 aromatic heterocycles. The highest BCUT2D eigenvalue weighted by Crippen LogP contribution is 2.20. The van der Waals surface area contributed by atoms with Gasteiger partial charge in [0.25, 0.3) is 0 Å². The Morgan fingerprint density at radius 1 is 1.55 bits per heavy atom. The van der Waals surface area contributed by atoms with Gasteiger partial charge in [0.1, 0.15) is 12.4 Å². The Hall–Kier alpha value is -0.580. The van der Waals surface area contributed by atoms with Crippen LogP contribution in [-0.2, 0) is 4.74 Å². The standard InChI is InChI=1S/C7H12O4/c1-4-6(9)2-5(3-8)11-7(4)10/h2,4,6-10H,3H2,1H3/t4-,6?,7?/m1/s1. The summed E-state index contributed by atoms with van der Waals surface area (Å²) in [6, 6.07) is 0. The van der Waals surface area contributed by atoms with Crippen molar-refractivity contribution in [1.29, 1.82) is 0 Å². The van der Waals surface area contributed by atoms with Crippen molar-refractivity contribution in [3.05, 3.63) is 11.8 Å². The molecule has 0 radical (unpaired) electrons. The van der Waals surface area contributed by atoms with Crippen LogP contribution in [0.3, 0.4) is 0 Å². The molecule has 1 rings (SSSR count). The van der Waals surface area contributed by atoms with E-state index >= 15 is 0 Å². The van der Waals surface area contributed by atoms with Crippen LogP contribution in [0.5, 0.6) is 0 Å². The highest BCUT2D eigenvalue weighted by atomic mass is 16.6.